The quantitative estimate of drug-likeness (QED) is 0.303. The van der Waals surface area contributed by atoms with Crippen LogP contribution in [0.25, 0.3) is 20.2 Å². The SMILES string of the molecule is CN(Cc1ccc2c(c1)sc1ccccc12)c1cccc(Cc2ccccc2)c1. The molecule has 0 spiro atoms. The van der Waals surface area contributed by atoms with Crippen LogP contribution in [-0.4, -0.2) is 7.05 Å². The van der Waals surface area contributed by atoms with Crippen molar-refractivity contribution in [3.8, 4) is 0 Å². The summed E-state index contributed by atoms with van der Waals surface area (Å²) in [6.45, 7) is 0.902. The Morgan fingerprint density at radius 3 is 2.28 bits per heavy atom. The first-order valence-electron chi connectivity index (χ1n) is 10.0. The molecule has 5 rings (SSSR count). The van der Waals surface area contributed by atoms with Crippen molar-refractivity contribution in [3.63, 3.8) is 0 Å². The Labute approximate surface area is 175 Å². The van der Waals surface area contributed by atoms with E-state index in [0.717, 1.165) is 13.0 Å². The Hall–Kier alpha value is -3.10. The zero-order valence-electron chi connectivity index (χ0n) is 16.5. The molecular formula is C27H23NS. The molecule has 0 unspecified atom stereocenters. The van der Waals surface area contributed by atoms with Crippen molar-refractivity contribution in [3.05, 3.63) is 114 Å². The van der Waals surface area contributed by atoms with Gasteiger partial charge in [0.2, 0.25) is 0 Å². The molecule has 1 heterocycles. The lowest BCUT2D eigenvalue weighted by Gasteiger charge is -2.20. The first-order valence-corrected chi connectivity index (χ1v) is 10.8. The van der Waals surface area contributed by atoms with Crippen LogP contribution in [0.1, 0.15) is 16.7 Å². The largest absolute Gasteiger partial charge is 0.370 e. The third kappa shape index (κ3) is 3.76. The lowest BCUT2D eigenvalue weighted by atomic mass is 10.0. The lowest BCUT2D eigenvalue weighted by Crippen LogP contribution is -2.16. The van der Waals surface area contributed by atoms with Crippen molar-refractivity contribution < 1.29 is 0 Å². The molecule has 0 saturated heterocycles. The maximum Gasteiger partial charge on any atom is 0.0426 e. The maximum absolute atomic E-state index is 2.35. The second-order valence-electron chi connectivity index (χ2n) is 7.62. The number of hydrogen-bond acceptors (Lipinski definition) is 2. The van der Waals surface area contributed by atoms with E-state index in [4.69, 9.17) is 0 Å². The molecule has 0 aliphatic heterocycles. The zero-order valence-corrected chi connectivity index (χ0v) is 17.3. The first kappa shape index (κ1) is 18.0. The molecule has 0 N–H and O–H groups in total. The fourth-order valence-corrected chi connectivity index (χ4v) is 5.14. The molecule has 2 heteroatoms. The van der Waals surface area contributed by atoms with Crippen molar-refractivity contribution in [2.45, 2.75) is 13.0 Å². The van der Waals surface area contributed by atoms with Gasteiger partial charge in [0, 0.05) is 39.5 Å². The van der Waals surface area contributed by atoms with Crippen molar-refractivity contribution in [2.75, 3.05) is 11.9 Å². The highest BCUT2D eigenvalue weighted by Gasteiger charge is 2.08. The van der Waals surface area contributed by atoms with E-state index in [1.165, 1.54) is 42.6 Å². The van der Waals surface area contributed by atoms with Gasteiger partial charge in [-0.25, -0.2) is 0 Å². The topological polar surface area (TPSA) is 3.24 Å². The molecule has 1 aromatic heterocycles. The smallest absolute Gasteiger partial charge is 0.0426 e. The molecule has 0 radical (unpaired) electrons. The minimum Gasteiger partial charge on any atom is -0.370 e. The standard InChI is InChI=1S/C27H23NS/c1-28(23-11-7-10-21(17-23)16-20-8-3-2-4-9-20)19-22-14-15-25-24-12-5-6-13-26(24)29-27(25)18-22/h2-15,17-18H,16,19H2,1H3. The predicted molar refractivity (Wildman–Crippen MR) is 127 cm³/mol. The molecule has 0 atom stereocenters. The summed E-state index contributed by atoms with van der Waals surface area (Å²) in [5.41, 5.74) is 5.30. The van der Waals surface area contributed by atoms with E-state index in [2.05, 4.69) is 109 Å². The van der Waals surface area contributed by atoms with E-state index in [9.17, 15) is 0 Å². The van der Waals surface area contributed by atoms with Crippen LogP contribution in [0.4, 0.5) is 5.69 Å². The fourth-order valence-electron chi connectivity index (χ4n) is 3.97. The summed E-state index contributed by atoms with van der Waals surface area (Å²) in [6.07, 6.45) is 0.969. The molecule has 142 valence electrons. The average molecular weight is 394 g/mol. The van der Waals surface area contributed by atoms with Gasteiger partial charge in [0.25, 0.3) is 0 Å². The summed E-state index contributed by atoms with van der Waals surface area (Å²) < 4.78 is 2.73. The molecule has 5 aromatic rings. The normalized spacial score (nSPS) is 11.2. The van der Waals surface area contributed by atoms with E-state index in [0.29, 0.717) is 0 Å². The lowest BCUT2D eigenvalue weighted by molar-refractivity contribution is 0.923. The van der Waals surface area contributed by atoms with Gasteiger partial charge in [0.15, 0.2) is 0 Å². The Morgan fingerprint density at radius 1 is 0.621 bits per heavy atom. The van der Waals surface area contributed by atoms with Crippen LogP contribution >= 0.6 is 11.3 Å². The number of fused-ring (bicyclic) bond motifs is 3. The number of hydrogen-bond donors (Lipinski definition) is 0. The summed E-state index contributed by atoms with van der Waals surface area (Å²) in [7, 11) is 2.18. The van der Waals surface area contributed by atoms with Crippen LogP contribution in [0.15, 0.2) is 97.1 Å². The van der Waals surface area contributed by atoms with Crippen molar-refractivity contribution in [1.82, 2.24) is 0 Å². The summed E-state index contributed by atoms with van der Waals surface area (Å²) in [5, 5.41) is 2.72. The third-order valence-electron chi connectivity index (χ3n) is 5.47. The summed E-state index contributed by atoms with van der Waals surface area (Å²) >= 11 is 1.88. The Kier molecular flexibility index (Phi) is 4.79. The van der Waals surface area contributed by atoms with E-state index < -0.39 is 0 Å². The van der Waals surface area contributed by atoms with Gasteiger partial charge >= 0.3 is 0 Å². The molecule has 0 aliphatic carbocycles. The number of anilines is 1. The maximum atomic E-state index is 2.35. The Morgan fingerprint density at radius 2 is 1.38 bits per heavy atom. The molecule has 0 amide bonds. The molecule has 1 nitrogen and oxygen atoms in total. The molecule has 0 aliphatic rings. The number of nitrogens with zero attached hydrogens (tertiary/aromatic N) is 1. The van der Waals surface area contributed by atoms with Gasteiger partial charge in [-0.3, -0.25) is 0 Å². The molecule has 0 bridgehead atoms. The minimum atomic E-state index is 0.902. The van der Waals surface area contributed by atoms with Crippen LogP contribution in [0.3, 0.4) is 0 Å². The number of thiophene rings is 1. The van der Waals surface area contributed by atoms with Crippen molar-refractivity contribution in [1.29, 1.82) is 0 Å². The monoisotopic (exact) mass is 393 g/mol. The van der Waals surface area contributed by atoms with Gasteiger partial charge in [0.1, 0.15) is 0 Å². The van der Waals surface area contributed by atoms with E-state index in [1.54, 1.807) is 0 Å². The summed E-state index contributed by atoms with van der Waals surface area (Å²) in [4.78, 5) is 2.34. The predicted octanol–water partition coefficient (Wildman–Crippen LogP) is 7.28. The third-order valence-corrected chi connectivity index (χ3v) is 6.60. The highest BCUT2D eigenvalue weighted by molar-refractivity contribution is 7.25. The molecular weight excluding hydrogens is 370 g/mol. The second kappa shape index (κ2) is 7.73. The first-order chi connectivity index (χ1) is 14.3. The van der Waals surface area contributed by atoms with Gasteiger partial charge in [0.05, 0.1) is 0 Å². The van der Waals surface area contributed by atoms with Gasteiger partial charge in [-0.1, -0.05) is 72.8 Å². The van der Waals surface area contributed by atoms with Crippen molar-refractivity contribution in [2.24, 2.45) is 0 Å². The fraction of sp³-hybridized carbons (Fsp3) is 0.111. The van der Waals surface area contributed by atoms with E-state index in [-0.39, 0.29) is 0 Å². The zero-order chi connectivity index (χ0) is 19.6. The molecule has 4 aromatic carbocycles. The summed E-state index contributed by atoms with van der Waals surface area (Å²) in [6, 6.07) is 35.1. The van der Waals surface area contributed by atoms with Crippen LogP contribution in [0.5, 0.6) is 0 Å². The van der Waals surface area contributed by atoms with Crippen LogP contribution in [0.2, 0.25) is 0 Å². The summed E-state index contributed by atoms with van der Waals surface area (Å²) in [5.74, 6) is 0. The average Bonchev–Trinajstić information content (AvgIpc) is 3.12. The molecule has 0 fully saturated rings. The Balaban J connectivity index is 1.37. The number of benzene rings is 4. The highest BCUT2D eigenvalue weighted by Crippen LogP contribution is 2.34. The van der Waals surface area contributed by atoms with Crippen LogP contribution in [-0.2, 0) is 13.0 Å². The van der Waals surface area contributed by atoms with E-state index in [1.807, 2.05) is 11.3 Å². The van der Waals surface area contributed by atoms with Gasteiger partial charge in [-0.05, 0) is 47.4 Å². The van der Waals surface area contributed by atoms with Crippen molar-refractivity contribution >= 4 is 37.2 Å². The van der Waals surface area contributed by atoms with Crippen LogP contribution < -0.4 is 4.90 Å². The van der Waals surface area contributed by atoms with Gasteiger partial charge in [-0.15, -0.1) is 11.3 Å². The molecule has 0 saturated carbocycles. The molecule has 29 heavy (non-hydrogen) atoms. The number of rotatable bonds is 5. The van der Waals surface area contributed by atoms with Gasteiger partial charge in [-0.2, -0.15) is 0 Å². The highest BCUT2D eigenvalue weighted by atomic mass is 32.1. The van der Waals surface area contributed by atoms with Crippen LogP contribution in [0, 0.1) is 0 Å². The van der Waals surface area contributed by atoms with Gasteiger partial charge < -0.3 is 4.90 Å². The second-order valence-corrected chi connectivity index (χ2v) is 8.70. The van der Waals surface area contributed by atoms with E-state index >= 15 is 0 Å². The Bertz CT molecular complexity index is 1270. The minimum absolute atomic E-state index is 0.902.